The summed E-state index contributed by atoms with van der Waals surface area (Å²) in [7, 11) is 0. The molecule has 0 aliphatic carbocycles. The topological polar surface area (TPSA) is 80.9 Å². The van der Waals surface area contributed by atoms with E-state index in [1.165, 1.54) is 0 Å². The Hall–Kier alpha value is 0.554. The van der Waals surface area contributed by atoms with Crippen LogP contribution in [-0.2, 0) is 21.7 Å². The van der Waals surface area contributed by atoms with Crippen molar-refractivity contribution in [1.82, 2.24) is 0 Å². The Morgan fingerprint density at radius 2 is 0.486 bits per heavy atom. The second-order valence-corrected chi connectivity index (χ2v) is 11.0. The minimum absolute atomic E-state index is 0. The van der Waals surface area contributed by atoms with Gasteiger partial charge in [0.1, 0.15) is 0 Å². The van der Waals surface area contributed by atoms with Gasteiger partial charge in [0.15, 0.2) is 0 Å². The van der Waals surface area contributed by atoms with Crippen LogP contribution in [0.2, 0.25) is 0 Å². The fourth-order valence-electron chi connectivity index (χ4n) is 3.41. The number of aliphatic hydroxyl groups excluding tert-OH is 4. The first-order chi connectivity index (χ1) is 16.9. The van der Waals surface area contributed by atoms with Crippen LogP contribution < -0.4 is 0 Å². The van der Waals surface area contributed by atoms with E-state index in [4.69, 9.17) is 0 Å². The van der Waals surface area contributed by atoms with Crippen LogP contribution in [-0.4, -0.2) is 44.8 Å². The summed E-state index contributed by atoms with van der Waals surface area (Å²) in [4.78, 5) is 0. The molecular formula is C32H72O4Ti. The molecule has 0 aromatic heterocycles. The summed E-state index contributed by atoms with van der Waals surface area (Å²) in [5.74, 6) is 1.91. The van der Waals surface area contributed by atoms with Gasteiger partial charge in [0.2, 0.25) is 0 Å². The molecule has 0 aliphatic rings. The average Bonchev–Trinajstić information content (AvgIpc) is 2.88. The minimum atomic E-state index is -0.0694. The van der Waals surface area contributed by atoms with E-state index >= 15 is 0 Å². The van der Waals surface area contributed by atoms with Gasteiger partial charge in [-0.05, 0) is 49.4 Å². The summed E-state index contributed by atoms with van der Waals surface area (Å²) in [5, 5.41) is 37.3. The maximum Gasteiger partial charge on any atom is 0.0565 e. The van der Waals surface area contributed by atoms with E-state index in [0.717, 1.165) is 77.0 Å². The van der Waals surface area contributed by atoms with Crippen molar-refractivity contribution in [2.45, 2.75) is 185 Å². The quantitative estimate of drug-likeness (QED) is 0.140. The molecule has 0 aliphatic heterocycles. The zero-order valence-electron chi connectivity index (χ0n) is 27.4. The zero-order chi connectivity index (χ0) is 29.1. The summed E-state index contributed by atoms with van der Waals surface area (Å²) in [5.41, 5.74) is 0. The largest absolute Gasteiger partial charge is 0.393 e. The number of hydrogen-bond donors (Lipinski definition) is 4. The second-order valence-electron chi connectivity index (χ2n) is 11.0. The summed E-state index contributed by atoms with van der Waals surface area (Å²) in [6.07, 6.45) is 12.2. The smallest absolute Gasteiger partial charge is 0.0565 e. The average molecular weight is 569 g/mol. The van der Waals surface area contributed by atoms with Gasteiger partial charge >= 0.3 is 0 Å². The summed E-state index contributed by atoms with van der Waals surface area (Å²) >= 11 is 0. The third kappa shape index (κ3) is 32.7. The van der Waals surface area contributed by atoms with Gasteiger partial charge in [0.25, 0.3) is 0 Å². The SMILES string of the molecule is CCCC(O)C(C)CC.CCCC(O)C(C)CC.CCCC(O)C(C)CC.CCCC(O)C(C)CC.[Ti]. The van der Waals surface area contributed by atoms with Crippen LogP contribution in [0.3, 0.4) is 0 Å². The summed E-state index contributed by atoms with van der Waals surface area (Å²) in [6.45, 7) is 25.3. The van der Waals surface area contributed by atoms with Crippen molar-refractivity contribution >= 4 is 0 Å². The van der Waals surface area contributed by atoms with Crippen molar-refractivity contribution in [2.24, 2.45) is 23.7 Å². The van der Waals surface area contributed by atoms with Crippen LogP contribution in [0.15, 0.2) is 0 Å². The Bertz CT molecular complexity index is 325. The van der Waals surface area contributed by atoms with E-state index < -0.39 is 0 Å². The molecule has 0 saturated heterocycles. The predicted molar refractivity (Wildman–Crippen MR) is 161 cm³/mol. The van der Waals surface area contributed by atoms with Crippen LogP contribution in [0.25, 0.3) is 0 Å². The monoisotopic (exact) mass is 568 g/mol. The molecule has 0 fully saturated rings. The fourth-order valence-corrected chi connectivity index (χ4v) is 3.41. The van der Waals surface area contributed by atoms with Gasteiger partial charge in [0.05, 0.1) is 24.4 Å². The molecule has 0 amide bonds. The van der Waals surface area contributed by atoms with Gasteiger partial charge in [-0.2, -0.15) is 0 Å². The molecule has 0 radical (unpaired) electrons. The molecule has 8 unspecified atom stereocenters. The Kier molecular flexibility index (Phi) is 44.3. The molecule has 0 aromatic carbocycles. The summed E-state index contributed by atoms with van der Waals surface area (Å²) < 4.78 is 0. The first-order valence-corrected chi connectivity index (χ1v) is 15.6. The van der Waals surface area contributed by atoms with E-state index in [9.17, 15) is 20.4 Å². The van der Waals surface area contributed by atoms with E-state index in [0.29, 0.717) is 23.7 Å². The zero-order valence-corrected chi connectivity index (χ0v) is 29.0. The molecule has 0 heterocycles. The minimum Gasteiger partial charge on any atom is -0.393 e. The molecule has 4 nitrogen and oxygen atoms in total. The normalized spacial score (nSPS) is 16.9. The van der Waals surface area contributed by atoms with Gasteiger partial charge in [-0.25, -0.2) is 0 Å². The Labute approximate surface area is 249 Å². The Morgan fingerprint density at radius 3 is 0.568 bits per heavy atom. The van der Waals surface area contributed by atoms with Crippen molar-refractivity contribution in [3.8, 4) is 0 Å². The molecule has 0 bridgehead atoms. The molecule has 37 heavy (non-hydrogen) atoms. The van der Waals surface area contributed by atoms with Crippen molar-refractivity contribution in [1.29, 1.82) is 0 Å². The number of hydrogen-bond acceptors (Lipinski definition) is 4. The van der Waals surface area contributed by atoms with Crippen LogP contribution in [0.5, 0.6) is 0 Å². The van der Waals surface area contributed by atoms with Crippen molar-refractivity contribution in [3.63, 3.8) is 0 Å². The van der Waals surface area contributed by atoms with E-state index in [1.54, 1.807) is 0 Å². The van der Waals surface area contributed by atoms with Crippen LogP contribution in [0.4, 0.5) is 0 Å². The summed E-state index contributed by atoms with van der Waals surface area (Å²) in [6, 6.07) is 0. The molecule has 0 spiro atoms. The first-order valence-electron chi connectivity index (χ1n) is 15.6. The Balaban J connectivity index is -0.000000122. The number of rotatable bonds is 16. The fraction of sp³-hybridized carbons (Fsp3) is 1.00. The van der Waals surface area contributed by atoms with Gasteiger partial charge in [-0.15, -0.1) is 0 Å². The first kappa shape index (κ1) is 47.3. The molecule has 8 atom stereocenters. The van der Waals surface area contributed by atoms with Crippen LogP contribution in [0, 0.1) is 23.7 Å². The maximum absolute atomic E-state index is 9.32. The van der Waals surface area contributed by atoms with E-state index in [-0.39, 0.29) is 46.1 Å². The third-order valence-electron chi connectivity index (χ3n) is 7.54. The van der Waals surface area contributed by atoms with Gasteiger partial charge in [0, 0.05) is 21.7 Å². The predicted octanol–water partition coefficient (Wildman–Crippen LogP) is 8.77. The van der Waals surface area contributed by atoms with Crippen molar-refractivity contribution in [3.05, 3.63) is 0 Å². The molecule has 0 rings (SSSR count). The third-order valence-corrected chi connectivity index (χ3v) is 7.54. The molecule has 0 aromatic rings. The molecular weight excluding hydrogens is 496 g/mol. The van der Waals surface area contributed by atoms with Crippen molar-refractivity contribution in [2.75, 3.05) is 0 Å². The van der Waals surface area contributed by atoms with E-state index in [2.05, 4.69) is 83.1 Å². The molecule has 0 saturated carbocycles. The van der Waals surface area contributed by atoms with Gasteiger partial charge < -0.3 is 20.4 Å². The maximum atomic E-state index is 9.32. The number of aliphatic hydroxyl groups is 4. The van der Waals surface area contributed by atoms with E-state index in [1.807, 2.05) is 0 Å². The standard InChI is InChI=1S/4C8H18O.Ti/c4*1-4-6-8(9)7(3)5-2;/h4*7-9H,4-6H2,1-3H3;. The van der Waals surface area contributed by atoms with Crippen LogP contribution >= 0.6 is 0 Å². The molecule has 4 N–H and O–H groups in total. The van der Waals surface area contributed by atoms with Crippen molar-refractivity contribution < 1.29 is 42.1 Å². The molecule has 228 valence electrons. The second kappa shape index (κ2) is 34.6. The van der Waals surface area contributed by atoms with Gasteiger partial charge in [-0.3, -0.25) is 0 Å². The Morgan fingerprint density at radius 1 is 0.351 bits per heavy atom. The van der Waals surface area contributed by atoms with Gasteiger partial charge in [-0.1, -0.05) is 134 Å². The van der Waals surface area contributed by atoms with Crippen LogP contribution in [0.1, 0.15) is 160 Å². The molecule has 5 heteroatoms.